The largest absolute Gasteiger partial charge is 0.420 e. The molecule has 3 aromatic rings. The van der Waals surface area contributed by atoms with Crippen LogP contribution in [0.15, 0.2) is 29.4 Å². The first-order valence-electron chi connectivity index (χ1n) is 13.4. The quantitative estimate of drug-likeness (QED) is 0.256. The molecule has 9 nitrogen and oxygen atoms in total. The molecule has 14 heteroatoms. The number of halogens is 3. The number of aryl methyl sites for hydroxylation is 2. The Kier molecular flexibility index (Phi) is 7.83. The summed E-state index contributed by atoms with van der Waals surface area (Å²) >= 11 is 2.77. The summed E-state index contributed by atoms with van der Waals surface area (Å²) in [4.78, 5) is 30.5. The van der Waals surface area contributed by atoms with Crippen LogP contribution in [0.2, 0.25) is 0 Å². The van der Waals surface area contributed by atoms with Gasteiger partial charge in [-0.1, -0.05) is 0 Å². The summed E-state index contributed by atoms with van der Waals surface area (Å²) < 4.78 is 47.1. The van der Waals surface area contributed by atoms with Gasteiger partial charge in [-0.3, -0.25) is 4.79 Å². The summed E-state index contributed by atoms with van der Waals surface area (Å²) in [6, 6.07) is 4.75. The molecule has 1 amide bonds. The number of amides is 1. The first kappa shape index (κ1) is 28.2. The van der Waals surface area contributed by atoms with Gasteiger partial charge in [-0.15, -0.1) is 23.1 Å². The van der Waals surface area contributed by atoms with E-state index < -0.39 is 11.7 Å². The summed E-state index contributed by atoms with van der Waals surface area (Å²) in [7, 11) is 0. The Hall–Kier alpha value is -2.94. The maximum atomic E-state index is 14.0. The van der Waals surface area contributed by atoms with E-state index in [0.717, 1.165) is 53.3 Å². The lowest BCUT2D eigenvalue weighted by Gasteiger charge is -2.34. The first-order chi connectivity index (χ1) is 19.7. The van der Waals surface area contributed by atoms with Crippen LogP contribution in [0.25, 0.3) is 10.6 Å². The summed E-state index contributed by atoms with van der Waals surface area (Å²) in [5, 5.41) is 6.56. The normalized spacial score (nSPS) is 20.4. The van der Waals surface area contributed by atoms with Gasteiger partial charge >= 0.3 is 6.18 Å². The molecule has 3 saturated heterocycles. The number of nitrogens with one attached hydrogen (secondary N) is 2. The highest BCUT2D eigenvalue weighted by atomic mass is 32.2. The average Bonchev–Trinajstić information content (AvgIpc) is 3.64. The third-order valence-electron chi connectivity index (χ3n) is 7.73. The van der Waals surface area contributed by atoms with Gasteiger partial charge in [-0.05, 0) is 38.0 Å². The van der Waals surface area contributed by atoms with E-state index >= 15 is 0 Å². The fraction of sp³-hybridized carbons (Fsp3) is 0.481. The number of alkyl halides is 3. The summed E-state index contributed by atoms with van der Waals surface area (Å²) in [5.74, 6) is 1.58. The lowest BCUT2D eigenvalue weighted by Crippen LogP contribution is -2.49. The van der Waals surface area contributed by atoms with Gasteiger partial charge in [0, 0.05) is 53.4 Å². The van der Waals surface area contributed by atoms with Crippen LogP contribution in [0.4, 0.5) is 30.6 Å². The second kappa shape index (κ2) is 11.4. The van der Waals surface area contributed by atoms with E-state index in [1.54, 1.807) is 17.2 Å². The van der Waals surface area contributed by atoms with Crippen molar-refractivity contribution in [1.82, 2.24) is 25.2 Å². The van der Waals surface area contributed by atoms with Gasteiger partial charge in [0.2, 0.25) is 12.4 Å². The minimum atomic E-state index is -4.61. The number of hydrogen-bond donors (Lipinski definition) is 2. The van der Waals surface area contributed by atoms with Crippen LogP contribution in [0.1, 0.15) is 22.4 Å². The molecule has 3 aromatic heterocycles. The lowest BCUT2D eigenvalue weighted by molar-refractivity contribution is -0.137. The van der Waals surface area contributed by atoms with Crippen molar-refractivity contribution in [3.8, 4) is 10.6 Å². The third-order valence-corrected chi connectivity index (χ3v) is 10.0. The smallest absolute Gasteiger partial charge is 0.377 e. The van der Waals surface area contributed by atoms with Crippen LogP contribution in [0, 0.1) is 13.8 Å². The number of carbonyl (C=O) groups excluding carboxylic acids is 1. The fourth-order valence-electron chi connectivity index (χ4n) is 5.35. The predicted molar refractivity (Wildman–Crippen MR) is 153 cm³/mol. The van der Waals surface area contributed by atoms with Gasteiger partial charge < -0.3 is 25.2 Å². The Balaban J connectivity index is 1.20. The molecular formula is C27H30F3N7O2S2. The van der Waals surface area contributed by atoms with Gasteiger partial charge in [0.15, 0.2) is 0 Å². The van der Waals surface area contributed by atoms with Crippen LogP contribution < -0.4 is 15.5 Å². The molecule has 0 aliphatic carbocycles. The van der Waals surface area contributed by atoms with Crippen molar-refractivity contribution < 1.29 is 22.7 Å². The monoisotopic (exact) mass is 605 g/mol. The Morgan fingerprint density at radius 3 is 2.73 bits per heavy atom. The van der Waals surface area contributed by atoms with Crippen molar-refractivity contribution in [2.45, 2.75) is 49.5 Å². The number of hydrogen-bond acceptors (Lipinski definition) is 10. The number of rotatable bonds is 10. The average molecular weight is 606 g/mol. The molecule has 6 rings (SSSR count). The highest BCUT2D eigenvalue weighted by molar-refractivity contribution is 7.99. The first-order valence-corrected chi connectivity index (χ1v) is 15.2. The molecular weight excluding hydrogens is 575 g/mol. The molecule has 3 aliphatic heterocycles. The number of carbonyl (C=O) groups is 1. The Morgan fingerprint density at radius 2 is 2.10 bits per heavy atom. The zero-order valence-corrected chi connectivity index (χ0v) is 24.2. The number of anilines is 3. The molecule has 0 saturated carbocycles. The van der Waals surface area contributed by atoms with Gasteiger partial charge in [0.1, 0.15) is 11.4 Å². The molecule has 3 aliphatic rings. The second-order valence-electron chi connectivity index (χ2n) is 10.5. The second-order valence-corrected chi connectivity index (χ2v) is 12.9. The van der Waals surface area contributed by atoms with Crippen molar-refractivity contribution in [2.24, 2.45) is 0 Å². The molecule has 2 unspecified atom stereocenters. The number of thioether (sulfide) groups is 1. The molecule has 3 fully saturated rings. The number of pyridine rings is 1. The van der Waals surface area contributed by atoms with Crippen molar-refractivity contribution >= 4 is 47.0 Å². The van der Waals surface area contributed by atoms with Crippen LogP contribution in [0.3, 0.4) is 0 Å². The molecule has 218 valence electrons. The van der Waals surface area contributed by atoms with Crippen LogP contribution >= 0.6 is 23.1 Å². The number of fused-ring (bicyclic) bond motifs is 2. The molecule has 2 N–H and O–H groups in total. The molecule has 2 atom stereocenters. The maximum absolute atomic E-state index is 14.0. The minimum absolute atomic E-state index is 0.0691. The predicted octanol–water partition coefficient (Wildman–Crippen LogP) is 4.48. The highest BCUT2D eigenvalue weighted by Gasteiger charge is 2.38. The SMILES string of the molecule is Cc1cc(N2CC3CC2CN3)ncc1Nc1ncc(C(F)(F)F)c(-c2cc(SCCN(C=O)C3COC3)c(C)s2)n1. The molecule has 6 heterocycles. The number of aromatic nitrogens is 3. The van der Waals surface area contributed by atoms with Crippen molar-refractivity contribution in [1.29, 1.82) is 0 Å². The summed E-state index contributed by atoms with van der Waals surface area (Å²) in [6.07, 6.45) is -0.160. The van der Waals surface area contributed by atoms with E-state index in [9.17, 15) is 18.0 Å². The topological polar surface area (TPSA) is 95.5 Å². The number of nitrogens with zero attached hydrogens (tertiary/aromatic N) is 5. The summed E-state index contributed by atoms with van der Waals surface area (Å²) in [6.45, 7) is 7.27. The molecule has 0 aromatic carbocycles. The van der Waals surface area contributed by atoms with Crippen LogP contribution in [0.5, 0.6) is 0 Å². The van der Waals surface area contributed by atoms with E-state index in [4.69, 9.17) is 4.74 Å². The van der Waals surface area contributed by atoms with E-state index in [0.29, 0.717) is 48.2 Å². The van der Waals surface area contributed by atoms with Gasteiger partial charge in [-0.25, -0.2) is 15.0 Å². The van der Waals surface area contributed by atoms with Crippen LogP contribution in [-0.2, 0) is 15.7 Å². The highest BCUT2D eigenvalue weighted by Crippen LogP contribution is 2.42. The number of thiophene rings is 1. The zero-order valence-electron chi connectivity index (χ0n) is 22.6. The standard InChI is InChI=1S/C27H30F3N7O2S2/c1-15-5-24(37-11-17-6-18(37)8-31-17)32-10-21(15)34-26-33-9-20(27(28,29)30)25(35-26)23-7-22(16(2)41-23)40-4-3-36(14-38)19-12-39-13-19/h5,7,9-10,14,17-19,31H,3-4,6,8,11-13H2,1-2H3,(H,33,34,35). The van der Waals surface area contributed by atoms with Gasteiger partial charge in [0.25, 0.3) is 0 Å². The lowest BCUT2D eigenvalue weighted by atomic mass is 10.2. The van der Waals surface area contributed by atoms with Crippen molar-refractivity contribution in [3.63, 3.8) is 0 Å². The number of ether oxygens (including phenoxy) is 1. The van der Waals surface area contributed by atoms with E-state index in [1.165, 1.54) is 23.1 Å². The maximum Gasteiger partial charge on any atom is 0.420 e. The zero-order chi connectivity index (χ0) is 28.7. The number of piperazine rings is 1. The Morgan fingerprint density at radius 1 is 1.27 bits per heavy atom. The minimum Gasteiger partial charge on any atom is -0.377 e. The van der Waals surface area contributed by atoms with E-state index in [-0.39, 0.29) is 17.7 Å². The molecule has 41 heavy (non-hydrogen) atoms. The third kappa shape index (κ3) is 5.87. The van der Waals surface area contributed by atoms with Crippen molar-refractivity contribution in [3.05, 3.63) is 40.5 Å². The van der Waals surface area contributed by atoms with Crippen LogP contribution in [-0.4, -0.2) is 83.0 Å². The fourth-order valence-corrected chi connectivity index (χ4v) is 7.57. The Bertz CT molecular complexity index is 1430. The van der Waals surface area contributed by atoms with E-state index in [1.807, 2.05) is 19.9 Å². The Labute approximate surface area is 243 Å². The van der Waals surface area contributed by atoms with E-state index in [2.05, 4.69) is 30.5 Å². The van der Waals surface area contributed by atoms with Gasteiger partial charge in [0.05, 0.1) is 41.7 Å². The van der Waals surface area contributed by atoms with Gasteiger partial charge in [-0.2, -0.15) is 13.2 Å². The van der Waals surface area contributed by atoms with Crippen molar-refractivity contribution in [2.75, 3.05) is 48.8 Å². The molecule has 2 bridgehead atoms. The molecule has 0 radical (unpaired) electrons. The summed E-state index contributed by atoms with van der Waals surface area (Å²) in [5.41, 5.74) is 0.483. The molecule has 0 spiro atoms.